The quantitative estimate of drug-likeness (QED) is 0.803. The Balaban J connectivity index is 0.00000243. The minimum absolute atomic E-state index is 0. The van der Waals surface area contributed by atoms with E-state index in [4.69, 9.17) is 0 Å². The van der Waals surface area contributed by atoms with Crippen LogP contribution in [0, 0.1) is 0 Å². The molecule has 0 spiro atoms. The van der Waals surface area contributed by atoms with E-state index >= 15 is 0 Å². The molecule has 10 heteroatoms. The molecule has 26 heavy (non-hydrogen) atoms. The zero-order chi connectivity index (χ0) is 18.0. The average molecular weight is 391 g/mol. The topological polar surface area (TPSA) is 50.1 Å². The molecule has 0 radical (unpaired) electrons. The highest BCUT2D eigenvalue weighted by Crippen LogP contribution is 2.30. The Morgan fingerprint density at radius 2 is 2.00 bits per heavy atom. The van der Waals surface area contributed by atoms with Gasteiger partial charge < -0.3 is 4.90 Å². The van der Waals surface area contributed by atoms with Gasteiger partial charge in [-0.2, -0.15) is 17.9 Å². The van der Waals surface area contributed by atoms with Gasteiger partial charge in [-0.3, -0.25) is 4.90 Å². The summed E-state index contributed by atoms with van der Waals surface area (Å²) >= 11 is 0. The molecule has 1 saturated heterocycles. The number of hydrogen-bond acceptors (Lipinski definition) is 5. The first-order chi connectivity index (χ1) is 11.9. The molecule has 3 rings (SSSR count). The molecule has 2 aromatic rings. The predicted octanol–water partition coefficient (Wildman–Crippen LogP) is 2.63. The third-order valence-corrected chi connectivity index (χ3v) is 4.59. The summed E-state index contributed by atoms with van der Waals surface area (Å²) in [6.07, 6.45) is -4.39. The molecule has 1 aromatic heterocycles. The van der Waals surface area contributed by atoms with Gasteiger partial charge in [-0.25, -0.2) is 0 Å². The molecule has 2 heterocycles. The van der Waals surface area contributed by atoms with E-state index in [1.54, 1.807) is 6.07 Å². The maximum Gasteiger partial charge on any atom is 0.416 e. The van der Waals surface area contributed by atoms with Gasteiger partial charge in [-0.05, 0) is 42.1 Å². The van der Waals surface area contributed by atoms with Gasteiger partial charge in [-0.1, -0.05) is 13.0 Å². The lowest BCUT2D eigenvalue weighted by Gasteiger charge is -2.39. The number of benzene rings is 1. The third-order valence-electron chi connectivity index (χ3n) is 4.59. The molecule has 1 aromatic carbocycles. The van der Waals surface area contributed by atoms with Crippen molar-refractivity contribution in [1.82, 2.24) is 30.0 Å². The van der Waals surface area contributed by atoms with Crippen LogP contribution in [0.25, 0.3) is 5.69 Å². The normalized spacial score (nSPS) is 19.3. The average Bonchev–Trinajstić information content (AvgIpc) is 3.04. The molecule has 1 fully saturated rings. The van der Waals surface area contributed by atoms with Gasteiger partial charge in [0.25, 0.3) is 0 Å². The van der Waals surface area contributed by atoms with Gasteiger partial charge in [0.15, 0.2) is 5.82 Å². The summed E-state index contributed by atoms with van der Waals surface area (Å²) in [5.74, 6) is 0.538. The van der Waals surface area contributed by atoms with Crippen LogP contribution < -0.4 is 0 Å². The van der Waals surface area contributed by atoms with Gasteiger partial charge >= 0.3 is 6.18 Å². The summed E-state index contributed by atoms with van der Waals surface area (Å²) in [5.41, 5.74) is -0.397. The largest absolute Gasteiger partial charge is 0.416 e. The van der Waals surface area contributed by atoms with Crippen LogP contribution in [0.1, 0.15) is 25.2 Å². The number of likely N-dealkylation sites (N-methyl/N-ethyl adjacent to an activating group) is 1. The van der Waals surface area contributed by atoms with Crippen molar-refractivity contribution in [2.45, 2.75) is 32.6 Å². The van der Waals surface area contributed by atoms with E-state index in [-0.39, 0.29) is 12.4 Å². The molecule has 144 valence electrons. The van der Waals surface area contributed by atoms with Crippen molar-refractivity contribution in [1.29, 1.82) is 0 Å². The second-order valence-corrected chi connectivity index (χ2v) is 6.27. The van der Waals surface area contributed by atoms with Gasteiger partial charge in [0.1, 0.15) is 0 Å². The van der Waals surface area contributed by atoms with E-state index in [0.717, 1.165) is 38.3 Å². The van der Waals surface area contributed by atoms with E-state index in [1.165, 1.54) is 10.7 Å². The zero-order valence-electron chi connectivity index (χ0n) is 14.6. The van der Waals surface area contributed by atoms with Crippen LogP contribution in [0.4, 0.5) is 13.2 Å². The lowest BCUT2D eigenvalue weighted by atomic mass is 10.2. The summed E-state index contributed by atoms with van der Waals surface area (Å²) in [6.45, 7) is 8.59. The Hall–Kier alpha value is -1.71. The van der Waals surface area contributed by atoms with Gasteiger partial charge in [0.05, 0.1) is 17.8 Å². The molecule has 6 nitrogen and oxygen atoms in total. The fraction of sp³-hybridized carbons (Fsp3) is 0.562. The summed E-state index contributed by atoms with van der Waals surface area (Å²) < 4.78 is 40.2. The van der Waals surface area contributed by atoms with Crippen molar-refractivity contribution in [3.63, 3.8) is 0 Å². The fourth-order valence-electron chi connectivity index (χ4n) is 3.09. The van der Waals surface area contributed by atoms with Gasteiger partial charge in [0.2, 0.25) is 0 Å². The molecule has 0 saturated carbocycles. The highest BCUT2D eigenvalue weighted by molar-refractivity contribution is 5.85. The summed E-state index contributed by atoms with van der Waals surface area (Å²) in [5, 5.41) is 11.6. The summed E-state index contributed by atoms with van der Waals surface area (Å²) in [7, 11) is 0. The highest BCUT2D eigenvalue weighted by Gasteiger charge is 2.31. The SMILES string of the molecule is CCN1CCN(Cc2nnnn2-c2cccc(C(F)(F)F)c2)C(C)C1.Cl. The standard InChI is InChI=1S/C16H21F3N6.ClH/c1-3-23-7-8-24(12(2)10-23)11-15-20-21-22-25(15)14-6-4-5-13(9-14)16(17,18)19;/h4-6,9,12H,3,7-8,10-11H2,1-2H3;1H. The Kier molecular flexibility index (Phi) is 6.59. The lowest BCUT2D eigenvalue weighted by molar-refractivity contribution is -0.137. The molecular formula is C16H22ClF3N6. The van der Waals surface area contributed by atoms with Gasteiger partial charge in [0, 0.05) is 25.7 Å². The smallest absolute Gasteiger partial charge is 0.301 e. The lowest BCUT2D eigenvalue weighted by Crippen LogP contribution is -2.51. The molecule has 0 N–H and O–H groups in total. The molecule has 1 aliphatic heterocycles. The van der Waals surface area contributed by atoms with Crippen molar-refractivity contribution < 1.29 is 13.2 Å². The number of tetrazole rings is 1. The van der Waals surface area contributed by atoms with E-state index in [1.807, 2.05) is 0 Å². The van der Waals surface area contributed by atoms with Crippen LogP contribution in [0.15, 0.2) is 24.3 Å². The van der Waals surface area contributed by atoms with E-state index < -0.39 is 11.7 Å². The molecule has 1 atom stereocenters. The second kappa shape index (κ2) is 8.32. The molecule has 0 bridgehead atoms. The molecule has 0 amide bonds. The summed E-state index contributed by atoms with van der Waals surface area (Å²) in [4.78, 5) is 4.62. The Bertz CT molecular complexity index is 720. The number of halogens is 4. The molecule has 1 aliphatic rings. The molecular weight excluding hydrogens is 369 g/mol. The number of aromatic nitrogens is 4. The first kappa shape index (κ1) is 20.6. The first-order valence-corrected chi connectivity index (χ1v) is 8.29. The van der Waals surface area contributed by atoms with Crippen LogP contribution >= 0.6 is 12.4 Å². The van der Waals surface area contributed by atoms with E-state index in [9.17, 15) is 13.2 Å². The van der Waals surface area contributed by atoms with Gasteiger partial charge in [-0.15, -0.1) is 17.5 Å². The zero-order valence-corrected chi connectivity index (χ0v) is 15.5. The first-order valence-electron chi connectivity index (χ1n) is 8.29. The Morgan fingerprint density at radius 3 is 2.65 bits per heavy atom. The van der Waals surface area contributed by atoms with E-state index in [0.29, 0.717) is 24.1 Å². The Labute approximate surface area is 156 Å². The maximum atomic E-state index is 12.9. The van der Waals surface area contributed by atoms with Crippen molar-refractivity contribution in [3.8, 4) is 5.69 Å². The van der Waals surface area contributed by atoms with Crippen LogP contribution in [-0.2, 0) is 12.7 Å². The summed E-state index contributed by atoms with van der Waals surface area (Å²) in [6, 6.07) is 5.39. The van der Waals surface area contributed by atoms with Crippen LogP contribution in [0.2, 0.25) is 0 Å². The molecule has 1 unspecified atom stereocenters. The number of hydrogen-bond donors (Lipinski definition) is 0. The number of nitrogens with zero attached hydrogens (tertiary/aromatic N) is 6. The second-order valence-electron chi connectivity index (χ2n) is 6.27. The number of alkyl halides is 3. The van der Waals surface area contributed by atoms with Crippen molar-refractivity contribution in [2.24, 2.45) is 0 Å². The van der Waals surface area contributed by atoms with Crippen LogP contribution in [0.3, 0.4) is 0 Å². The van der Waals surface area contributed by atoms with E-state index in [2.05, 4.69) is 39.2 Å². The highest BCUT2D eigenvalue weighted by atomic mass is 35.5. The van der Waals surface area contributed by atoms with Crippen molar-refractivity contribution in [2.75, 3.05) is 26.2 Å². The minimum Gasteiger partial charge on any atom is -0.301 e. The Morgan fingerprint density at radius 1 is 1.23 bits per heavy atom. The maximum absolute atomic E-state index is 12.9. The minimum atomic E-state index is -4.39. The number of rotatable bonds is 4. The van der Waals surface area contributed by atoms with Crippen molar-refractivity contribution >= 4 is 12.4 Å². The van der Waals surface area contributed by atoms with Crippen molar-refractivity contribution in [3.05, 3.63) is 35.7 Å². The molecule has 0 aliphatic carbocycles. The number of piperazine rings is 1. The monoisotopic (exact) mass is 390 g/mol. The fourth-order valence-corrected chi connectivity index (χ4v) is 3.09. The third kappa shape index (κ3) is 4.52. The van der Waals surface area contributed by atoms with Crippen LogP contribution in [0.5, 0.6) is 0 Å². The predicted molar refractivity (Wildman–Crippen MR) is 93.4 cm³/mol. The van der Waals surface area contributed by atoms with Crippen LogP contribution in [-0.4, -0.2) is 62.2 Å².